The monoisotopic (exact) mass is 249 g/mol. The molecule has 1 N–H and O–H groups in total. The molecule has 0 aliphatic heterocycles. The first-order chi connectivity index (χ1) is 8.78. The van der Waals surface area contributed by atoms with E-state index in [1.807, 2.05) is 10.9 Å². The van der Waals surface area contributed by atoms with Gasteiger partial charge in [-0.25, -0.2) is 0 Å². The van der Waals surface area contributed by atoms with Gasteiger partial charge in [0.05, 0.1) is 12.3 Å². The highest BCUT2D eigenvalue weighted by Crippen LogP contribution is 2.32. The lowest BCUT2D eigenvalue weighted by atomic mass is 9.86. The van der Waals surface area contributed by atoms with Gasteiger partial charge in [0.15, 0.2) is 0 Å². The van der Waals surface area contributed by atoms with E-state index in [0.29, 0.717) is 18.2 Å². The predicted octanol–water partition coefficient (Wildman–Crippen LogP) is 1.95. The summed E-state index contributed by atoms with van der Waals surface area (Å²) in [7, 11) is 2.05. The van der Waals surface area contributed by atoms with Gasteiger partial charge in [-0.2, -0.15) is 5.10 Å². The van der Waals surface area contributed by atoms with Gasteiger partial charge in [-0.1, -0.05) is 0 Å². The first-order valence-electron chi connectivity index (χ1n) is 7.16. The van der Waals surface area contributed by atoms with Gasteiger partial charge in [0.2, 0.25) is 0 Å². The number of rotatable bonds is 4. The van der Waals surface area contributed by atoms with Gasteiger partial charge in [0.1, 0.15) is 0 Å². The maximum absolute atomic E-state index is 5.61. The number of hydrogen-bond donors (Lipinski definition) is 1. The molecule has 1 atom stereocenters. The largest absolute Gasteiger partial charge is 0.378 e. The van der Waals surface area contributed by atoms with Crippen LogP contribution < -0.4 is 5.32 Å². The normalized spacial score (nSPS) is 30.9. The van der Waals surface area contributed by atoms with Crippen molar-refractivity contribution in [2.75, 3.05) is 6.61 Å². The Labute approximate surface area is 109 Å². The van der Waals surface area contributed by atoms with Crippen LogP contribution in [0.15, 0.2) is 6.20 Å². The third-order valence-corrected chi connectivity index (χ3v) is 4.31. The Hall–Kier alpha value is -0.870. The molecule has 0 radical (unpaired) electrons. The lowest BCUT2D eigenvalue weighted by molar-refractivity contribution is -0.0129. The number of nitrogens with zero attached hydrogens (tertiary/aromatic N) is 2. The van der Waals surface area contributed by atoms with E-state index < -0.39 is 0 Å². The maximum atomic E-state index is 5.61. The number of ether oxygens (including phenoxy) is 1. The molecule has 1 aromatic rings. The molecule has 1 saturated carbocycles. The molecule has 1 unspecified atom stereocenters. The Morgan fingerprint density at radius 2 is 2.33 bits per heavy atom. The molecule has 0 spiro atoms. The minimum atomic E-state index is 0.490. The Kier molecular flexibility index (Phi) is 3.39. The second kappa shape index (κ2) is 5.02. The first-order valence-corrected chi connectivity index (χ1v) is 7.16. The standard InChI is InChI=1S/C14H23N3O/c1-3-18-11-7-10(8-11)16-13-5-4-6-14-12(13)9-15-17(14)2/h9-11,13,16H,3-8H2,1-2H3. The van der Waals surface area contributed by atoms with Crippen molar-refractivity contribution in [3.05, 3.63) is 17.5 Å². The van der Waals surface area contributed by atoms with E-state index in [4.69, 9.17) is 4.74 Å². The van der Waals surface area contributed by atoms with Crippen LogP contribution in [0.4, 0.5) is 0 Å². The average Bonchev–Trinajstić information content (AvgIpc) is 2.70. The molecule has 3 rings (SSSR count). The number of hydrogen-bond acceptors (Lipinski definition) is 3. The van der Waals surface area contributed by atoms with Gasteiger partial charge in [0.25, 0.3) is 0 Å². The molecule has 2 aliphatic rings. The van der Waals surface area contributed by atoms with Gasteiger partial charge >= 0.3 is 0 Å². The highest BCUT2D eigenvalue weighted by molar-refractivity contribution is 5.25. The molecular formula is C14H23N3O. The van der Waals surface area contributed by atoms with Gasteiger partial charge < -0.3 is 10.1 Å². The van der Waals surface area contributed by atoms with E-state index in [0.717, 1.165) is 6.61 Å². The molecule has 100 valence electrons. The molecule has 1 fully saturated rings. The second-order valence-corrected chi connectivity index (χ2v) is 5.53. The third-order valence-electron chi connectivity index (χ3n) is 4.31. The third kappa shape index (κ3) is 2.19. The topological polar surface area (TPSA) is 39.1 Å². The minimum absolute atomic E-state index is 0.490. The van der Waals surface area contributed by atoms with Crippen LogP contribution in [-0.4, -0.2) is 28.5 Å². The summed E-state index contributed by atoms with van der Waals surface area (Å²) in [5.41, 5.74) is 2.84. The highest BCUT2D eigenvalue weighted by atomic mass is 16.5. The summed E-state index contributed by atoms with van der Waals surface area (Å²) in [5, 5.41) is 8.18. The van der Waals surface area contributed by atoms with Crippen LogP contribution in [0.2, 0.25) is 0 Å². The van der Waals surface area contributed by atoms with Crippen molar-refractivity contribution in [2.24, 2.45) is 7.05 Å². The van der Waals surface area contributed by atoms with Crippen molar-refractivity contribution in [1.29, 1.82) is 0 Å². The van der Waals surface area contributed by atoms with E-state index in [9.17, 15) is 0 Å². The summed E-state index contributed by atoms with van der Waals surface area (Å²) in [4.78, 5) is 0. The fourth-order valence-electron chi connectivity index (χ4n) is 3.24. The van der Waals surface area contributed by atoms with Crippen molar-refractivity contribution >= 4 is 0 Å². The Balaban J connectivity index is 1.59. The Morgan fingerprint density at radius 3 is 3.11 bits per heavy atom. The van der Waals surface area contributed by atoms with Crippen molar-refractivity contribution in [3.63, 3.8) is 0 Å². The Morgan fingerprint density at radius 1 is 1.50 bits per heavy atom. The maximum Gasteiger partial charge on any atom is 0.0604 e. The van der Waals surface area contributed by atoms with E-state index >= 15 is 0 Å². The van der Waals surface area contributed by atoms with Crippen LogP contribution in [0.25, 0.3) is 0 Å². The van der Waals surface area contributed by atoms with E-state index in [1.54, 1.807) is 0 Å². The van der Waals surface area contributed by atoms with E-state index in [2.05, 4.69) is 24.4 Å². The number of aromatic nitrogens is 2. The lowest BCUT2D eigenvalue weighted by Gasteiger charge is -2.39. The van der Waals surface area contributed by atoms with Crippen molar-refractivity contribution in [1.82, 2.24) is 15.1 Å². The molecule has 4 nitrogen and oxygen atoms in total. The molecule has 1 heterocycles. The summed E-state index contributed by atoms with van der Waals surface area (Å²) >= 11 is 0. The van der Waals surface area contributed by atoms with Crippen molar-refractivity contribution < 1.29 is 4.74 Å². The summed E-state index contributed by atoms with van der Waals surface area (Å²) in [5.74, 6) is 0. The molecule has 0 saturated heterocycles. The van der Waals surface area contributed by atoms with Crippen LogP contribution in [0, 0.1) is 0 Å². The SMILES string of the molecule is CCOC1CC(NC2CCCc3c2cnn3C)C1. The highest BCUT2D eigenvalue weighted by Gasteiger charge is 2.33. The predicted molar refractivity (Wildman–Crippen MR) is 70.5 cm³/mol. The van der Waals surface area contributed by atoms with Crippen molar-refractivity contribution in [3.8, 4) is 0 Å². The molecule has 0 aromatic carbocycles. The van der Waals surface area contributed by atoms with Gasteiger partial charge in [-0.05, 0) is 39.0 Å². The number of aryl methyl sites for hydroxylation is 1. The zero-order valence-corrected chi connectivity index (χ0v) is 11.4. The van der Waals surface area contributed by atoms with Crippen LogP contribution in [0.3, 0.4) is 0 Å². The smallest absolute Gasteiger partial charge is 0.0604 e. The Bertz CT molecular complexity index is 409. The minimum Gasteiger partial charge on any atom is -0.378 e. The fourth-order valence-corrected chi connectivity index (χ4v) is 3.24. The second-order valence-electron chi connectivity index (χ2n) is 5.53. The summed E-state index contributed by atoms with van der Waals surface area (Å²) in [6.45, 7) is 2.91. The fraction of sp³-hybridized carbons (Fsp3) is 0.786. The molecule has 0 amide bonds. The van der Waals surface area contributed by atoms with Crippen LogP contribution in [0.5, 0.6) is 0 Å². The van der Waals surface area contributed by atoms with Crippen LogP contribution in [0.1, 0.15) is 49.9 Å². The quantitative estimate of drug-likeness (QED) is 0.886. The number of nitrogens with one attached hydrogen (secondary N) is 1. The zero-order valence-electron chi connectivity index (χ0n) is 11.4. The molecule has 1 aromatic heterocycles. The van der Waals surface area contributed by atoms with Crippen LogP contribution in [-0.2, 0) is 18.2 Å². The summed E-state index contributed by atoms with van der Waals surface area (Å²) in [6.07, 6.45) is 8.56. The number of fused-ring (bicyclic) bond motifs is 1. The zero-order chi connectivity index (χ0) is 12.5. The van der Waals surface area contributed by atoms with Gasteiger partial charge in [-0.3, -0.25) is 4.68 Å². The van der Waals surface area contributed by atoms with Gasteiger partial charge in [0, 0.05) is 37.0 Å². The lowest BCUT2D eigenvalue weighted by Crippen LogP contribution is -2.47. The van der Waals surface area contributed by atoms with E-state index in [-0.39, 0.29) is 0 Å². The molecule has 2 aliphatic carbocycles. The van der Waals surface area contributed by atoms with Gasteiger partial charge in [-0.15, -0.1) is 0 Å². The first kappa shape index (κ1) is 12.2. The van der Waals surface area contributed by atoms with Crippen molar-refractivity contribution in [2.45, 2.75) is 57.2 Å². The average molecular weight is 249 g/mol. The molecule has 4 heteroatoms. The van der Waals surface area contributed by atoms with E-state index in [1.165, 1.54) is 43.4 Å². The molecule has 18 heavy (non-hydrogen) atoms. The summed E-state index contributed by atoms with van der Waals surface area (Å²) in [6, 6.07) is 1.15. The summed E-state index contributed by atoms with van der Waals surface area (Å²) < 4.78 is 7.65. The molecular weight excluding hydrogens is 226 g/mol. The molecule has 0 bridgehead atoms. The van der Waals surface area contributed by atoms with Crippen LogP contribution >= 0.6 is 0 Å².